The maximum Gasteiger partial charge on any atom is 1.00 e. The van der Waals surface area contributed by atoms with Crippen LogP contribution >= 0.6 is 39.1 Å². The summed E-state index contributed by atoms with van der Waals surface area (Å²) in [4.78, 5) is 66.1. The summed E-state index contributed by atoms with van der Waals surface area (Å²) in [5.41, 5.74) is 0. The van der Waals surface area contributed by atoms with E-state index in [4.69, 9.17) is 14.7 Å². The van der Waals surface area contributed by atoms with Crippen LogP contribution in [0.15, 0.2) is 0 Å². The zero-order chi connectivity index (χ0) is 17.3. The maximum atomic E-state index is 10.8. The fourth-order valence-electron chi connectivity index (χ4n) is 0.550. The van der Waals surface area contributed by atoms with Gasteiger partial charge in [0.25, 0.3) is 15.6 Å². The van der Waals surface area contributed by atoms with E-state index in [1.54, 1.807) is 0 Å². The summed E-state index contributed by atoms with van der Waals surface area (Å²) in [6.45, 7) is 0. The van der Waals surface area contributed by atoms with Crippen molar-refractivity contribution in [1.82, 2.24) is 0 Å². The summed E-state index contributed by atoms with van der Waals surface area (Å²) in [5, 5.41) is 0. The minimum absolute atomic E-state index is 0. The van der Waals surface area contributed by atoms with Crippen LogP contribution in [-0.2, 0) is 40.1 Å². The van der Waals surface area contributed by atoms with Crippen LogP contribution in [-0.4, -0.2) is 14.7 Å². The number of hydrogen-bond acceptors (Lipinski definition) is 13. The van der Waals surface area contributed by atoms with E-state index in [2.05, 4.69) is 17.2 Å². The first-order valence-corrected chi connectivity index (χ1v) is 11.1. The SMILES string of the molecule is O=P([O-])([O-])OP(=O)([O-])OP(=O)([O-])OP(=O)(O)OP(=O)(O)O.[Cs+].[Cs+].[Cs+].[Cs+]. The molecule has 0 rings (SSSR count). The normalized spacial score (nSPS) is 18.5. The molecule has 0 aliphatic heterocycles. The molecule has 0 heterocycles. The summed E-state index contributed by atoms with van der Waals surface area (Å²) >= 11 is 0. The van der Waals surface area contributed by atoms with Crippen molar-refractivity contribution in [3.8, 4) is 0 Å². The zero-order valence-electron chi connectivity index (χ0n) is 12.9. The number of rotatable bonds is 8. The quantitative estimate of drug-likeness (QED) is 0.191. The summed E-state index contributed by atoms with van der Waals surface area (Å²) in [6.07, 6.45) is 0. The molecule has 0 bridgehead atoms. The van der Waals surface area contributed by atoms with Gasteiger partial charge in [-0.1, -0.05) is 0 Å². The van der Waals surface area contributed by atoms with Crippen molar-refractivity contribution in [3.63, 3.8) is 0 Å². The standard InChI is InChI=1S/4Cs.H7O16P5/c;;;;1-17(2,3)13-19(7,8)15-21(11,12)16-20(9,10)14-18(4,5)6/h;;;;(H,7,8)(H,9,10)(H,11,12)(H2,1,2,3)(H2,4,5,6)/q4*+1;/p-4. The van der Waals surface area contributed by atoms with E-state index in [9.17, 15) is 42.4 Å². The van der Waals surface area contributed by atoms with Crippen molar-refractivity contribution in [3.05, 3.63) is 0 Å². The molecule has 25 heteroatoms. The van der Waals surface area contributed by atoms with Gasteiger partial charge in [0.15, 0.2) is 0 Å². The van der Waals surface area contributed by atoms with Crippen LogP contribution in [0.4, 0.5) is 0 Å². The summed E-state index contributed by atoms with van der Waals surface area (Å²) in [6, 6.07) is 0. The molecule has 25 heavy (non-hydrogen) atoms. The molecule has 0 amide bonds. The third-order valence-corrected chi connectivity index (χ3v) is 7.31. The van der Waals surface area contributed by atoms with Crippen molar-refractivity contribution in [2.75, 3.05) is 0 Å². The van der Waals surface area contributed by atoms with Gasteiger partial charge in [-0.15, -0.1) is 0 Å². The van der Waals surface area contributed by atoms with E-state index in [1.165, 1.54) is 0 Å². The molecule has 0 radical (unpaired) electrons. The number of phosphoric acid groups is 5. The summed E-state index contributed by atoms with van der Waals surface area (Å²) < 4.78 is 63.8. The molecule has 3 unspecified atom stereocenters. The van der Waals surface area contributed by atoms with Crippen molar-refractivity contribution >= 4 is 39.1 Å². The Bertz CT molecular complexity index is 562. The van der Waals surface area contributed by atoms with Gasteiger partial charge in [-0.25, -0.2) is 17.8 Å². The van der Waals surface area contributed by atoms with Crippen LogP contribution < -0.4 is 295 Å². The van der Waals surface area contributed by atoms with Gasteiger partial charge in [0.1, 0.15) is 0 Å². The number of hydrogen-bond donors (Lipinski definition) is 3. The molecular weight excluding hydrogens is 942 g/mol. The monoisotopic (exact) mass is 945 g/mol. The Morgan fingerprint density at radius 3 is 1.16 bits per heavy atom. The van der Waals surface area contributed by atoms with E-state index >= 15 is 0 Å². The second kappa shape index (κ2) is 18.2. The van der Waals surface area contributed by atoms with Crippen LogP contribution in [0.25, 0.3) is 0 Å². The fourth-order valence-corrected chi connectivity index (χ4v) is 5.76. The molecule has 3 atom stereocenters. The van der Waals surface area contributed by atoms with Crippen molar-refractivity contribution in [2.24, 2.45) is 0 Å². The average Bonchev–Trinajstić information content (AvgIpc) is 1.83. The molecule has 0 fully saturated rings. The third-order valence-electron chi connectivity index (χ3n) is 0.813. The Kier molecular flexibility index (Phi) is 32.0. The Balaban J connectivity index is -0.000000333. The first kappa shape index (κ1) is 43.9. The minimum Gasteiger partial charge on any atom is -0.790 e. The van der Waals surface area contributed by atoms with Crippen LogP contribution in [0.3, 0.4) is 0 Å². The Hall–Kier alpha value is 8.92. The van der Waals surface area contributed by atoms with Gasteiger partial charge in [0.2, 0.25) is 0 Å². The summed E-state index contributed by atoms with van der Waals surface area (Å²) in [5.74, 6) is 0. The average molecular weight is 945 g/mol. The topological polar surface area (TPSA) is 275 Å². The molecule has 0 saturated carbocycles. The Morgan fingerprint density at radius 1 is 0.560 bits per heavy atom. The predicted molar refractivity (Wildman–Crippen MR) is 49.0 cm³/mol. The molecule has 3 N–H and O–H groups in total. The largest absolute Gasteiger partial charge is 1.00 e. The van der Waals surface area contributed by atoms with Gasteiger partial charge in [-0.3, -0.25) is 13.4 Å². The van der Waals surface area contributed by atoms with Crippen molar-refractivity contribution < 1.29 is 350 Å². The molecule has 0 aromatic heterocycles. The molecule has 0 aliphatic carbocycles. The van der Waals surface area contributed by atoms with Gasteiger partial charge >= 0.3 is 291 Å². The van der Waals surface area contributed by atoms with Gasteiger partial charge in [0, 0.05) is 0 Å². The molecule has 0 spiro atoms. The van der Waals surface area contributed by atoms with E-state index in [-0.39, 0.29) is 276 Å². The molecule has 16 nitrogen and oxygen atoms in total. The van der Waals surface area contributed by atoms with Crippen molar-refractivity contribution in [2.45, 2.75) is 0 Å². The second-order valence-corrected chi connectivity index (χ2v) is 9.84. The summed E-state index contributed by atoms with van der Waals surface area (Å²) in [7, 11) is -30.9. The molecule has 0 aromatic rings. The van der Waals surface area contributed by atoms with E-state index in [0.29, 0.717) is 0 Å². The van der Waals surface area contributed by atoms with Crippen LogP contribution in [0.5, 0.6) is 0 Å². The van der Waals surface area contributed by atoms with Gasteiger partial charge in [-0.2, -0.15) is 4.31 Å². The van der Waals surface area contributed by atoms with Crippen LogP contribution in [0, 0.1) is 0 Å². The molecular formula is H3Cs4O16P5. The molecule has 0 saturated heterocycles. The van der Waals surface area contributed by atoms with E-state index in [0.717, 1.165) is 0 Å². The first-order chi connectivity index (χ1) is 8.83. The van der Waals surface area contributed by atoms with Crippen molar-refractivity contribution in [1.29, 1.82) is 0 Å². The molecule has 128 valence electrons. The Labute approximate surface area is 375 Å². The third kappa shape index (κ3) is 29.0. The zero-order valence-corrected chi connectivity index (χ0v) is 42.5. The van der Waals surface area contributed by atoms with Crippen LogP contribution in [0.2, 0.25) is 0 Å². The molecule has 0 aromatic carbocycles. The van der Waals surface area contributed by atoms with Gasteiger partial charge in [-0.05, 0) is 0 Å². The van der Waals surface area contributed by atoms with E-state index in [1.807, 2.05) is 0 Å². The fraction of sp³-hybridized carbons (Fsp3) is 0. The minimum atomic E-state index is -6.44. The second-order valence-electron chi connectivity index (χ2n) is 2.63. The van der Waals surface area contributed by atoms with E-state index < -0.39 is 39.1 Å². The Morgan fingerprint density at radius 2 is 0.880 bits per heavy atom. The first-order valence-electron chi connectivity index (χ1n) is 3.70. The van der Waals surface area contributed by atoms with Gasteiger partial charge in [0.05, 0.1) is 7.82 Å². The maximum absolute atomic E-state index is 10.8. The predicted octanol–water partition coefficient (Wildman–Crippen LogP) is -15.0. The van der Waals surface area contributed by atoms with Crippen LogP contribution in [0.1, 0.15) is 0 Å². The van der Waals surface area contributed by atoms with Gasteiger partial charge < -0.3 is 38.8 Å². The molecule has 0 aliphatic rings. The smallest absolute Gasteiger partial charge is 0.790 e.